The zero-order valence-electron chi connectivity index (χ0n) is 8.02. The summed E-state index contributed by atoms with van der Waals surface area (Å²) in [4.78, 5) is 14.4. The Labute approximate surface area is 81.9 Å². The summed E-state index contributed by atoms with van der Waals surface area (Å²) in [5.41, 5.74) is 1.34. The van der Waals surface area contributed by atoms with Crippen LogP contribution in [0.3, 0.4) is 0 Å². The summed E-state index contributed by atoms with van der Waals surface area (Å²) in [6.07, 6.45) is 2.44. The van der Waals surface area contributed by atoms with Gasteiger partial charge >= 0.3 is 5.97 Å². The SMILES string of the molecule is COc1ccc(C)nc1/C=C/C(=O)O. The number of hydrogen-bond donors (Lipinski definition) is 1. The summed E-state index contributed by atoms with van der Waals surface area (Å²) in [5, 5.41) is 8.45. The van der Waals surface area contributed by atoms with Gasteiger partial charge in [-0.15, -0.1) is 0 Å². The minimum atomic E-state index is -1.00. The van der Waals surface area contributed by atoms with Crippen molar-refractivity contribution < 1.29 is 14.6 Å². The molecule has 0 spiro atoms. The van der Waals surface area contributed by atoms with Gasteiger partial charge in [-0.25, -0.2) is 9.78 Å². The second-order valence-electron chi connectivity index (χ2n) is 2.71. The number of carbonyl (C=O) groups is 1. The molecule has 1 N–H and O–H groups in total. The molecule has 1 rings (SSSR count). The molecule has 0 aliphatic carbocycles. The van der Waals surface area contributed by atoms with Crippen molar-refractivity contribution in [2.45, 2.75) is 6.92 Å². The number of aliphatic carboxylic acids is 1. The molecule has 0 amide bonds. The first-order valence-electron chi connectivity index (χ1n) is 4.06. The molecule has 74 valence electrons. The number of nitrogens with zero attached hydrogens (tertiary/aromatic N) is 1. The number of aromatic nitrogens is 1. The third-order valence-corrected chi connectivity index (χ3v) is 1.63. The summed E-state index contributed by atoms with van der Waals surface area (Å²) < 4.78 is 5.03. The Hall–Kier alpha value is -1.84. The van der Waals surface area contributed by atoms with Gasteiger partial charge in [0.2, 0.25) is 0 Å². The van der Waals surface area contributed by atoms with Gasteiger partial charge in [0.1, 0.15) is 11.4 Å². The monoisotopic (exact) mass is 193 g/mol. The Morgan fingerprint density at radius 1 is 1.57 bits per heavy atom. The van der Waals surface area contributed by atoms with Crippen molar-refractivity contribution in [2.75, 3.05) is 7.11 Å². The highest BCUT2D eigenvalue weighted by atomic mass is 16.5. The predicted molar refractivity (Wildman–Crippen MR) is 52.2 cm³/mol. The molecule has 1 heterocycles. The third-order valence-electron chi connectivity index (χ3n) is 1.63. The second kappa shape index (κ2) is 4.41. The number of aryl methyl sites for hydroxylation is 1. The van der Waals surface area contributed by atoms with Crippen LogP contribution in [-0.2, 0) is 4.79 Å². The average Bonchev–Trinajstić information content (AvgIpc) is 2.15. The number of carboxylic acid groups (broad SMARTS) is 1. The van der Waals surface area contributed by atoms with E-state index < -0.39 is 5.97 Å². The van der Waals surface area contributed by atoms with Gasteiger partial charge in [-0.05, 0) is 25.1 Å². The molecule has 0 aliphatic heterocycles. The molecule has 0 radical (unpaired) electrons. The van der Waals surface area contributed by atoms with Crippen molar-refractivity contribution in [1.29, 1.82) is 0 Å². The largest absolute Gasteiger partial charge is 0.494 e. The van der Waals surface area contributed by atoms with Crippen molar-refractivity contribution in [3.8, 4) is 5.75 Å². The summed E-state index contributed by atoms with van der Waals surface area (Å²) in [5.74, 6) is -0.441. The summed E-state index contributed by atoms with van der Waals surface area (Å²) in [6, 6.07) is 3.56. The van der Waals surface area contributed by atoms with Gasteiger partial charge in [0, 0.05) is 11.8 Å². The fourth-order valence-electron chi connectivity index (χ4n) is 1.01. The predicted octanol–water partition coefficient (Wildman–Crippen LogP) is 1.50. The van der Waals surface area contributed by atoms with Crippen molar-refractivity contribution >= 4 is 12.0 Å². The molecule has 0 aliphatic rings. The lowest BCUT2D eigenvalue weighted by Gasteiger charge is -2.03. The van der Waals surface area contributed by atoms with E-state index in [4.69, 9.17) is 9.84 Å². The summed E-state index contributed by atoms with van der Waals surface area (Å²) >= 11 is 0. The molecule has 0 saturated carbocycles. The number of ether oxygens (including phenoxy) is 1. The first kappa shape index (κ1) is 10.2. The number of carboxylic acids is 1. The van der Waals surface area contributed by atoms with Crippen molar-refractivity contribution in [3.63, 3.8) is 0 Å². The number of pyridine rings is 1. The molecule has 0 fully saturated rings. The van der Waals surface area contributed by atoms with Crippen LogP contribution in [0, 0.1) is 6.92 Å². The molecule has 1 aromatic rings. The van der Waals surface area contributed by atoms with Crippen LogP contribution < -0.4 is 4.74 Å². The molecular formula is C10H11NO3. The van der Waals surface area contributed by atoms with Gasteiger partial charge in [-0.1, -0.05) is 0 Å². The molecule has 0 atom stereocenters. The third kappa shape index (κ3) is 2.58. The standard InChI is InChI=1S/C10H11NO3/c1-7-3-5-9(14-2)8(11-7)4-6-10(12)13/h3-6H,1-2H3,(H,12,13)/b6-4+. The van der Waals surface area contributed by atoms with E-state index in [1.165, 1.54) is 13.2 Å². The average molecular weight is 193 g/mol. The van der Waals surface area contributed by atoms with E-state index >= 15 is 0 Å². The molecule has 0 aromatic carbocycles. The Morgan fingerprint density at radius 3 is 2.86 bits per heavy atom. The van der Waals surface area contributed by atoms with Crippen LogP contribution in [0.4, 0.5) is 0 Å². The molecule has 0 unspecified atom stereocenters. The lowest BCUT2D eigenvalue weighted by molar-refractivity contribution is -0.131. The maximum atomic E-state index is 10.3. The van der Waals surface area contributed by atoms with Gasteiger partial charge in [-0.3, -0.25) is 0 Å². The lowest BCUT2D eigenvalue weighted by atomic mass is 10.2. The van der Waals surface area contributed by atoms with Gasteiger partial charge in [-0.2, -0.15) is 0 Å². The van der Waals surface area contributed by atoms with Crippen LogP contribution in [0.5, 0.6) is 5.75 Å². The highest BCUT2D eigenvalue weighted by molar-refractivity contribution is 5.85. The van der Waals surface area contributed by atoms with Gasteiger partial charge in [0.25, 0.3) is 0 Å². The molecule has 14 heavy (non-hydrogen) atoms. The highest BCUT2D eigenvalue weighted by Gasteiger charge is 2.01. The van der Waals surface area contributed by atoms with Crippen LogP contribution in [0.25, 0.3) is 6.08 Å². The Balaban J connectivity index is 3.04. The number of rotatable bonds is 3. The van der Waals surface area contributed by atoms with Gasteiger partial charge in [0.05, 0.1) is 7.11 Å². The molecule has 1 aromatic heterocycles. The van der Waals surface area contributed by atoms with Crippen molar-refractivity contribution in [1.82, 2.24) is 4.98 Å². The van der Waals surface area contributed by atoms with E-state index in [1.807, 2.05) is 6.92 Å². The van der Waals surface area contributed by atoms with E-state index in [0.29, 0.717) is 11.4 Å². The van der Waals surface area contributed by atoms with E-state index in [2.05, 4.69) is 4.98 Å². The quantitative estimate of drug-likeness (QED) is 0.739. The van der Waals surface area contributed by atoms with Crippen molar-refractivity contribution in [2.24, 2.45) is 0 Å². The second-order valence-corrected chi connectivity index (χ2v) is 2.71. The van der Waals surface area contributed by atoms with Crippen LogP contribution in [0.2, 0.25) is 0 Å². The highest BCUT2D eigenvalue weighted by Crippen LogP contribution is 2.17. The van der Waals surface area contributed by atoms with Crippen LogP contribution in [-0.4, -0.2) is 23.2 Å². The summed E-state index contributed by atoms with van der Waals surface area (Å²) in [6.45, 7) is 1.83. The van der Waals surface area contributed by atoms with E-state index in [-0.39, 0.29) is 0 Å². The Bertz CT molecular complexity index is 372. The smallest absolute Gasteiger partial charge is 0.328 e. The van der Waals surface area contributed by atoms with E-state index in [0.717, 1.165) is 11.8 Å². The lowest BCUT2D eigenvalue weighted by Crippen LogP contribution is -1.93. The number of hydrogen-bond acceptors (Lipinski definition) is 3. The maximum Gasteiger partial charge on any atom is 0.328 e. The summed E-state index contributed by atoms with van der Waals surface area (Å²) in [7, 11) is 1.52. The van der Waals surface area contributed by atoms with Crippen LogP contribution in [0.15, 0.2) is 18.2 Å². The van der Waals surface area contributed by atoms with Gasteiger partial charge in [0.15, 0.2) is 0 Å². The zero-order chi connectivity index (χ0) is 10.6. The minimum absolute atomic E-state index is 0.523. The normalized spacial score (nSPS) is 10.4. The van der Waals surface area contributed by atoms with Gasteiger partial charge < -0.3 is 9.84 Å². The van der Waals surface area contributed by atoms with Crippen LogP contribution in [0.1, 0.15) is 11.4 Å². The topological polar surface area (TPSA) is 59.4 Å². The fourth-order valence-corrected chi connectivity index (χ4v) is 1.01. The van der Waals surface area contributed by atoms with Crippen molar-refractivity contribution in [3.05, 3.63) is 29.6 Å². The van der Waals surface area contributed by atoms with E-state index in [1.54, 1.807) is 12.1 Å². The molecule has 0 bridgehead atoms. The molecule has 4 heteroatoms. The molecular weight excluding hydrogens is 182 g/mol. The first-order chi connectivity index (χ1) is 6.63. The van der Waals surface area contributed by atoms with Crippen LogP contribution >= 0.6 is 0 Å². The number of methoxy groups -OCH3 is 1. The molecule has 0 saturated heterocycles. The fraction of sp³-hybridized carbons (Fsp3) is 0.200. The Kier molecular flexibility index (Phi) is 3.23. The zero-order valence-corrected chi connectivity index (χ0v) is 8.02. The Morgan fingerprint density at radius 2 is 2.29 bits per heavy atom. The maximum absolute atomic E-state index is 10.3. The van der Waals surface area contributed by atoms with E-state index in [9.17, 15) is 4.79 Å². The minimum Gasteiger partial charge on any atom is -0.494 e. The first-order valence-corrected chi connectivity index (χ1v) is 4.06. The molecule has 4 nitrogen and oxygen atoms in total.